The van der Waals surface area contributed by atoms with E-state index in [-0.39, 0.29) is 12.2 Å². The van der Waals surface area contributed by atoms with Gasteiger partial charge in [0.2, 0.25) is 0 Å². The van der Waals surface area contributed by atoms with Gasteiger partial charge in [-0.15, -0.1) is 5.10 Å². The molecular weight excluding hydrogens is 307 g/mol. The Labute approximate surface area is 130 Å². The molecule has 0 saturated carbocycles. The van der Waals surface area contributed by atoms with E-state index in [0.29, 0.717) is 22.6 Å². The molecule has 0 aliphatic rings. The largest absolute Gasteiger partial charge is 0.296 e. The second-order valence-electron chi connectivity index (χ2n) is 4.53. The van der Waals surface area contributed by atoms with Crippen LogP contribution in [0.2, 0.25) is 5.02 Å². The van der Waals surface area contributed by atoms with Gasteiger partial charge in [0, 0.05) is 28.5 Å². The monoisotopic (exact) mass is 316 g/mol. The number of aromatic nitrogens is 4. The number of nitrogens with zero attached hydrogens (tertiary/aromatic N) is 4. The minimum Gasteiger partial charge on any atom is -0.296 e. The number of halogens is 2. The van der Waals surface area contributed by atoms with Crippen molar-refractivity contribution >= 4 is 17.9 Å². The number of carbonyl (C=O) groups is 1. The van der Waals surface area contributed by atoms with E-state index in [2.05, 4.69) is 15.3 Å². The highest BCUT2D eigenvalue weighted by atomic mass is 35.5. The van der Waals surface area contributed by atoms with Gasteiger partial charge in [-0.2, -0.15) is 0 Å². The molecule has 0 saturated heterocycles. The highest BCUT2D eigenvalue weighted by Crippen LogP contribution is 2.25. The minimum atomic E-state index is -0.434. The Hall–Kier alpha value is -2.60. The number of aldehydes is 1. The van der Waals surface area contributed by atoms with Crippen molar-refractivity contribution in [1.82, 2.24) is 20.0 Å². The normalized spacial score (nSPS) is 10.6. The first kappa shape index (κ1) is 14.3. The second kappa shape index (κ2) is 6.03. The van der Waals surface area contributed by atoms with E-state index in [1.165, 1.54) is 16.8 Å². The van der Waals surface area contributed by atoms with Crippen LogP contribution in [0, 0.1) is 5.82 Å². The summed E-state index contributed by atoms with van der Waals surface area (Å²) in [5.41, 5.74) is 1.69. The van der Waals surface area contributed by atoms with E-state index in [0.717, 1.165) is 5.56 Å². The summed E-state index contributed by atoms with van der Waals surface area (Å²) >= 11 is 6.04. The molecule has 3 rings (SSSR count). The molecule has 0 radical (unpaired) electrons. The molecule has 2 heterocycles. The zero-order chi connectivity index (χ0) is 15.5. The van der Waals surface area contributed by atoms with Crippen LogP contribution < -0.4 is 0 Å². The first-order chi connectivity index (χ1) is 10.7. The van der Waals surface area contributed by atoms with Crippen LogP contribution in [0.25, 0.3) is 11.3 Å². The molecule has 0 spiro atoms. The van der Waals surface area contributed by atoms with Gasteiger partial charge in [-0.05, 0) is 24.3 Å². The van der Waals surface area contributed by atoms with E-state index in [4.69, 9.17) is 11.6 Å². The molecule has 0 fully saturated rings. The van der Waals surface area contributed by atoms with E-state index in [1.54, 1.807) is 30.6 Å². The van der Waals surface area contributed by atoms with Gasteiger partial charge in [0.05, 0.1) is 12.2 Å². The molecule has 7 heteroatoms. The predicted octanol–water partition coefficient (Wildman–Crippen LogP) is 2.99. The van der Waals surface area contributed by atoms with Gasteiger partial charge in [0.1, 0.15) is 5.82 Å². The fraction of sp³-hybridized carbons (Fsp3) is 0.0667. The van der Waals surface area contributed by atoms with E-state index in [1.807, 2.05) is 0 Å². The first-order valence-electron chi connectivity index (χ1n) is 6.42. The zero-order valence-electron chi connectivity index (χ0n) is 11.3. The van der Waals surface area contributed by atoms with E-state index in [9.17, 15) is 9.18 Å². The third-order valence-electron chi connectivity index (χ3n) is 3.20. The number of benzene rings is 1. The van der Waals surface area contributed by atoms with Crippen molar-refractivity contribution in [2.45, 2.75) is 6.54 Å². The molecule has 1 aromatic carbocycles. The lowest BCUT2D eigenvalue weighted by atomic mass is 10.1. The lowest BCUT2D eigenvalue weighted by Gasteiger charge is -2.09. The maximum atomic E-state index is 13.9. The fourth-order valence-corrected chi connectivity index (χ4v) is 2.38. The molecular formula is C15H10ClFN4O. The van der Waals surface area contributed by atoms with Gasteiger partial charge in [0.25, 0.3) is 0 Å². The highest BCUT2D eigenvalue weighted by Gasteiger charge is 2.17. The van der Waals surface area contributed by atoms with Crippen LogP contribution in [-0.4, -0.2) is 26.3 Å². The van der Waals surface area contributed by atoms with Crippen LogP contribution in [0.3, 0.4) is 0 Å². The Bertz CT molecular complexity index is 799. The van der Waals surface area contributed by atoms with Crippen LogP contribution in [-0.2, 0) is 6.54 Å². The van der Waals surface area contributed by atoms with Crippen molar-refractivity contribution in [2.75, 3.05) is 0 Å². The highest BCUT2D eigenvalue weighted by molar-refractivity contribution is 6.31. The number of hydrogen-bond donors (Lipinski definition) is 0. The maximum absolute atomic E-state index is 13.9. The van der Waals surface area contributed by atoms with E-state index < -0.39 is 5.82 Å². The lowest BCUT2D eigenvalue weighted by Crippen LogP contribution is -2.07. The average Bonchev–Trinajstić information content (AvgIpc) is 2.94. The van der Waals surface area contributed by atoms with Gasteiger partial charge < -0.3 is 0 Å². The molecule has 5 nitrogen and oxygen atoms in total. The molecule has 2 aromatic heterocycles. The molecule has 0 amide bonds. The van der Waals surface area contributed by atoms with Crippen LogP contribution in [0.5, 0.6) is 0 Å². The van der Waals surface area contributed by atoms with E-state index >= 15 is 0 Å². The number of pyridine rings is 1. The standard InChI is InChI=1S/C15H10ClFN4O/c16-12-2-1-3-13(17)11(12)8-21-15(14(9-22)19-20-21)10-4-6-18-7-5-10/h1-7,9H,8H2. The second-order valence-corrected chi connectivity index (χ2v) is 4.94. The van der Waals surface area contributed by atoms with Gasteiger partial charge >= 0.3 is 0 Å². The zero-order valence-corrected chi connectivity index (χ0v) is 12.0. The molecule has 0 bridgehead atoms. The molecule has 22 heavy (non-hydrogen) atoms. The Balaban J connectivity index is 2.09. The molecule has 0 aliphatic carbocycles. The van der Waals surface area contributed by atoms with Crippen molar-refractivity contribution in [3.63, 3.8) is 0 Å². The summed E-state index contributed by atoms with van der Waals surface area (Å²) in [5.74, 6) is -0.434. The molecule has 0 N–H and O–H groups in total. The maximum Gasteiger partial charge on any atom is 0.172 e. The predicted molar refractivity (Wildman–Crippen MR) is 79.2 cm³/mol. The Morgan fingerprint density at radius 1 is 1.23 bits per heavy atom. The average molecular weight is 317 g/mol. The van der Waals surface area contributed by atoms with Crippen molar-refractivity contribution in [1.29, 1.82) is 0 Å². The number of rotatable bonds is 4. The number of carbonyl (C=O) groups excluding carboxylic acids is 1. The molecule has 0 unspecified atom stereocenters. The molecule has 3 aromatic rings. The molecule has 0 aliphatic heterocycles. The Kier molecular flexibility index (Phi) is 3.93. The summed E-state index contributed by atoms with van der Waals surface area (Å²) in [6.07, 6.45) is 3.80. The third kappa shape index (κ3) is 2.60. The summed E-state index contributed by atoms with van der Waals surface area (Å²) in [5, 5.41) is 8.05. The van der Waals surface area contributed by atoms with Gasteiger partial charge in [0.15, 0.2) is 12.0 Å². The minimum absolute atomic E-state index is 0.0734. The van der Waals surface area contributed by atoms with Crippen LogP contribution in [0.1, 0.15) is 16.1 Å². The SMILES string of the molecule is O=Cc1nnn(Cc2c(F)cccc2Cl)c1-c1ccncc1. The van der Waals surface area contributed by atoms with Crippen LogP contribution in [0.4, 0.5) is 4.39 Å². The Morgan fingerprint density at radius 3 is 2.68 bits per heavy atom. The summed E-state index contributed by atoms with van der Waals surface area (Å²) in [6.45, 7) is 0.0734. The van der Waals surface area contributed by atoms with Crippen molar-refractivity contribution < 1.29 is 9.18 Å². The van der Waals surface area contributed by atoms with Crippen LogP contribution >= 0.6 is 11.6 Å². The van der Waals surface area contributed by atoms with Gasteiger partial charge in [-0.3, -0.25) is 9.78 Å². The molecule has 0 atom stereocenters. The Morgan fingerprint density at radius 2 is 2.00 bits per heavy atom. The summed E-state index contributed by atoms with van der Waals surface area (Å²) in [4.78, 5) is 15.1. The topological polar surface area (TPSA) is 60.7 Å². The van der Waals surface area contributed by atoms with Crippen molar-refractivity contribution in [3.8, 4) is 11.3 Å². The third-order valence-corrected chi connectivity index (χ3v) is 3.55. The smallest absolute Gasteiger partial charge is 0.172 e. The first-order valence-corrected chi connectivity index (χ1v) is 6.80. The molecule has 110 valence electrons. The fourth-order valence-electron chi connectivity index (χ4n) is 2.16. The summed E-state index contributed by atoms with van der Waals surface area (Å²) in [7, 11) is 0. The summed E-state index contributed by atoms with van der Waals surface area (Å²) in [6, 6.07) is 7.91. The quantitative estimate of drug-likeness (QED) is 0.694. The van der Waals surface area contributed by atoms with Crippen LogP contribution in [0.15, 0.2) is 42.7 Å². The van der Waals surface area contributed by atoms with Crippen molar-refractivity contribution in [3.05, 3.63) is 64.8 Å². The number of hydrogen-bond acceptors (Lipinski definition) is 4. The van der Waals surface area contributed by atoms with Crippen molar-refractivity contribution in [2.24, 2.45) is 0 Å². The lowest BCUT2D eigenvalue weighted by molar-refractivity contribution is 0.111. The summed E-state index contributed by atoms with van der Waals surface area (Å²) < 4.78 is 15.4. The van der Waals surface area contributed by atoms with Gasteiger partial charge in [-0.1, -0.05) is 22.9 Å². The van der Waals surface area contributed by atoms with Gasteiger partial charge in [-0.25, -0.2) is 9.07 Å².